The van der Waals surface area contributed by atoms with Crippen molar-refractivity contribution in [1.29, 1.82) is 0 Å². The number of carbonyl (C=O) groups is 1. The van der Waals surface area contributed by atoms with E-state index in [-0.39, 0.29) is 5.75 Å². The van der Waals surface area contributed by atoms with E-state index in [2.05, 4.69) is 20.5 Å². The second kappa shape index (κ2) is 9.28. The summed E-state index contributed by atoms with van der Waals surface area (Å²) in [7, 11) is 1.46. The molecule has 0 fully saturated rings. The molecule has 9 heteroatoms. The topological polar surface area (TPSA) is 96.7 Å². The van der Waals surface area contributed by atoms with Crippen LogP contribution in [0.2, 0.25) is 0 Å². The van der Waals surface area contributed by atoms with Gasteiger partial charge in [0.1, 0.15) is 5.03 Å². The number of rotatable bonds is 6. The van der Waals surface area contributed by atoms with Crippen molar-refractivity contribution in [3.8, 4) is 11.5 Å². The fourth-order valence-electron chi connectivity index (χ4n) is 1.85. The highest BCUT2D eigenvalue weighted by molar-refractivity contribution is 8.13. The summed E-state index contributed by atoms with van der Waals surface area (Å²) in [5.41, 5.74) is 3.60. The van der Waals surface area contributed by atoms with Crippen molar-refractivity contribution in [3.05, 3.63) is 35.5 Å². The number of nitrogens with zero attached hydrogens (tertiary/aromatic N) is 3. The van der Waals surface area contributed by atoms with E-state index in [4.69, 9.17) is 4.74 Å². The summed E-state index contributed by atoms with van der Waals surface area (Å²) in [6, 6.07) is 6.87. The van der Waals surface area contributed by atoms with Gasteiger partial charge in [-0.15, -0.1) is 11.8 Å². The first kappa shape index (κ1) is 19.1. The minimum absolute atomic E-state index is 0.0427. The standard InChI is InChI=1S/C16H18N4O3S2/c1-4-24-13-8-10(2)18-15(19-13)25-16(22)20-17-9-11-6-5-7-12(23-3)14(11)21/h5-9,21H,4H2,1-3H3,(H,20,22). The Balaban J connectivity index is 1.99. The van der Waals surface area contributed by atoms with Crippen molar-refractivity contribution in [1.82, 2.24) is 15.4 Å². The number of ether oxygens (including phenoxy) is 1. The van der Waals surface area contributed by atoms with Crippen molar-refractivity contribution < 1.29 is 14.6 Å². The molecule has 0 saturated carbocycles. The molecule has 25 heavy (non-hydrogen) atoms. The number of aromatic nitrogens is 2. The molecule has 1 amide bonds. The maximum absolute atomic E-state index is 12.0. The summed E-state index contributed by atoms with van der Waals surface area (Å²) in [6.07, 6.45) is 1.34. The third kappa shape index (κ3) is 5.64. The van der Waals surface area contributed by atoms with E-state index < -0.39 is 5.24 Å². The Hall–Kier alpha value is -2.26. The van der Waals surface area contributed by atoms with Crippen LogP contribution in [0.3, 0.4) is 0 Å². The summed E-state index contributed by atoms with van der Waals surface area (Å²) < 4.78 is 5.01. The van der Waals surface area contributed by atoms with Gasteiger partial charge in [-0.05, 0) is 30.9 Å². The van der Waals surface area contributed by atoms with E-state index in [1.807, 2.05) is 19.9 Å². The van der Waals surface area contributed by atoms with E-state index in [0.29, 0.717) is 16.5 Å². The lowest BCUT2D eigenvalue weighted by atomic mass is 10.2. The van der Waals surface area contributed by atoms with Crippen molar-refractivity contribution >= 4 is 35.0 Å². The van der Waals surface area contributed by atoms with E-state index in [0.717, 1.165) is 28.2 Å². The Kier molecular flexibility index (Phi) is 7.08. The number of para-hydroxylation sites is 1. The van der Waals surface area contributed by atoms with Gasteiger partial charge < -0.3 is 9.84 Å². The maximum atomic E-state index is 12.0. The fourth-order valence-corrected chi connectivity index (χ4v) is 3.21. The zero-order chi connectivity index (χ0) is 18.2. The Bertz CT molecular complexity index is 784. The third-order valence-corrected chi connectivity index (χ3v) is 4.33. The molecule has 1 aromatic carbocycles. The summed E-state index contributed by atoms with van der Waals surface area (Å²) >= 11 is 2.44. The molecule has 1 heterocycles. The van der Waals surface area contributed by atoms with Gasteiger partial charge >= 0.3 is 5.24 Å². The van der Waals surface area contributed by atoms with Crippen LogP contribution < -0.4 is 10.2 Å². The Labute approximate surface area is 154 Å². The second-order valence-electron chi connectivity index (χ2n) is 4.72. The molecule has 0 bridgehead atoms. The number of benzene rings is 1. The first-order valence-electron chi connectivity index (χ1n) is 7.38. The molecule has 2 N–H and O–H groups in total. The number of hydrazone groups is 1. The molecule has 0 aliphatic carbocycles. The molecule has 2 rings (SSSR count). The average Bonchev–Trinajstić information content (AvgIpc) is 2.56. The molecule has 0 atom stereocenters. The molecule has 0 radical (unpaired) electrons. The number of aromatic hydroxyl groups is 1. The van der Waals surface area contributed by atoms with Gasteiger partial charge in [0, 0.05) is 23.0 Å². The van der Waals surface area contributed by atoms with Crippen LogP contribution in [0.5, 0.6) is 11.5 Å². The highest BCUT2D eigenvalue weighted by Crippen LogP contribution is 2.28. The van der Waals surface area contributed by atoms with Gasteiger partial charge in [-0.25, -0.2) is 15.4 Å². The van der Waals surface area contributed by atoms with Gasteiger partial charge in [-0.3, -0.25) is 4.79 Å². The number of methoxy groups -OCH3 is 1. The summed E-state index contributed by atoms with van der Waals surface area (Å²) in [5, 5.41) is 14.6. The summed E-state index contributed by atoms with van der Waals surface area (Å²) in [5.74, 6) is 1.18. The number of nitrogens with one attached hydrogen (secondary N) is 1. The maximum Gasteiger partial charge on any atom is 0.306 e. The molecule has 7 nitrogen and oxygen atoms in total. The molecular weight excluding hydrogens is 360 g/mol. The predicted octanol–water partition coefficient (Wildman–Crippen LogP) is 3.45. The Morgan fingerprint density at radius 2 is 2.24 bits per heavy atom. The third-order valence-electron chi connectivity index (χ3n) is 2.90. The van der Waals surface area contributed by atoms with Gasteiger partial charge in [-0.2, -0.15) is 5.10 Å². The molecule has 0 unspecified atom stereocenters. The van der Waals surface area contributed by atoms with Gasteiger partial charge in [-0.1, -0.05) is 13.0 Å². The number of hydrogen-bond donors (Lipinski definition) is 2. The van der Waals surface area contributed by atoms with Crippen molar-refractivity contribution in [2.75, 3.05) is 12.9 Å². The van der Waals surface area contributed by atoms with Crippen LogP contribution in [0.15, 0.2) is 39.5 Å². The number of phenolic OH excluding ortho intramolecular Hbond substituents is 1. The molecular formula is C16H18N4O3S2. The van der Waals surface area contributed by atoms with Gasteiger partial charge in [0.05, 0.1) is 13.3 Å². The molecule has 0 aliphatic heterocycles. The molecule has 0 aliphatic rings. The van der Waals surface area contributed by atoms with Crippen LogP contribution in [0.1, 0.15) is 18.2 Å². The average molecular weight is 378 g/mol. The predicted molar refractivity (Wildman–Crippen MR) is 99.8 cm³/mol. The largest absolute Gasteiger partial charge is 0.504 e. The Morgan fingerprint density at radius 1 is 1.44 bits per heavy atom. The smallest absolute Gasteiger partial charge is 0.306 e. The molecule has 1 aromatic heterocycles. The van der Waals surface area contributed by atoms with Crippen LogP contribution in [0.4, 0.5) is 4.79 Å². The zero-order valence-corrected chi connectivity index (χ0v) is 15.6. The Morgan fingerprint density at radius 3 is 2.96 bits per heavy atom. The number of carbonyl (C=O) groups excluding carboxylic acids is 1. The normalized spacial score (nSPS) is 10.8. The van der Waals surface area contributed by atoms with Crippen LogP contribution in [-0.4, -0.2) is 39.4 Å². The monoisotopic (exact) mass is 378 g/mol. The number of phenols is 1. The minimum Gasteiger partial charge on any atom is -0.504 e. The van der Waals surface area contributed by atoms with Crippen LogP contribution in [0.25, 0.3) is 0 Å². The zero-order valence-electron chi connectivity index (χ0n) is 14.0. The molecule has 132 valence electrons. The van der Waals surface area contributed by atoms with E-state index in [1.165, 1.54) is 13.3 Å². The molecule has 2 aromatic rings. The lowest BCUT2D eigenvalue weighted by Crippen LogP contribution is -2.12. The van der Waals surface area contributed by atoms with Crippen LogP contribution in [-0.2, 0) is 0 Å². The fraction of sp³-hybridized carbons (Fsp3) is 0.250. The van der Waals surface area contributed by atoms with Crippen molar-refractivity contribution in [2.45, 2.75) is 24.0 Å². The second-order valence-corrected chi connectivity index (χ2v) is 6.95. The van der Waals surface area contributed by atoms with E-state index in [1.54, 1.807) is 30.0 Å². The molecule has 0 saturated heterocycles. The van der Waals surface area contributed by atoms with E-state index in [9.17, 15) is 9.90 Å². The SMILES string of the molecule is CCSc1cc(C)nc(SC(=O)NN=Cc2cccc(OC)c2O)n1. The summed E-state index contributed by atoms with van der Waals surface area (Å²) in [4.78, 5) is 20.5. The number of thioether (sulfide) groups is 2. The highest BCUT2D eigenvalue weighted by Gasteiger charge is 2.09. The first-order chi connectivity index (χ1) is 12.0. The van der Waals surface area contributed by atoms with Crippen molar-refractivity contribution in [2.24, 2.45) is 5.10 Å². The lowest BCUT2D eigenvalue weighted by Gasteiger charge is -2.05. The van der Waals surface area contributed by atoms with Gasteiger partial charge in [0.2, 0.25) is 0 Å². The molecule has 0 spiro atoms. The van der Waals surface area contributed by atoms with Crippen LogP contribution in [0, 0.1) is 6.92 Å². The van der Waals surface area contributed by atoms with E-state index >= 15 is 0 Å². The number of amides is 1. The highest BCUT2D eigenvalue weighted by atomic mass is 32.2. The number of hydrogen-bond acceptors (Lipinski definition) is 8. The quantitative estimate of drug-likeness (QED) is 0.261. The van der Waals surface area contributed by atoms with Crippen molar-refractivity contribution in [3.63, 3.8) is 0 Å². The van der Waals surface area contributed by atoms with Crippen LogP contribution >= 0.6 is 23.5 Å². The minimum atomic E-state index is -0.420. The first-order valence-corrected chi connectivity index (χ1v) is 9.19. The van der Waals surface area contributed by atoms with Gasteiger partial charge in [0.15, 0.2) is 16.7 Å². The lowest BCUT2D eigenvalue weighted by molar-refractivity contribution is 0.261. The summed E-state index contributed by atoms with van der Waals surface area (Å²) in [6.45, 7) is 3.89. The van der Waals surface area contributed by atoms with Gasteiger partial charge in [0.25, 0.3) is 0 Å². The number of aryl methyl sites for hydroxylation is 1.